The van der Waals surface area contributed by atoms with Crippen molar-refractivity contribution in [1.82, 2.24) is 14.8 Å². The van der Waals surface area contributed by atoms with Gasteiger partial charge in [-0.05, 0) is 12.5 Å². The minimum absolute atomic E-state index is 0.110. The van der Waals surface area contributed by atoms with Gasteiger partial charge in [-0.15, -0.1) is 11.3 Å². The van der Waals surface area contributed by atoms with Crippen molar-refractivity contribution in [1.29, 1.82) is 0 Å². The number of benzene rings is 1. The van der Waals surface area contributed by atoms with Crippen molar-refractivity contribution in [3.8, 4) is 0 Å². The van der Waals surface area contributed by atoms with Crippen molar-refractivity contribution >= 4 is 17.2 Å². The summed E-state index contributed by atoms with van der Waals surface area (Å²) in [6.07, 6.45) is 2.43. The first-order valence-corrected chi connectivity index (χ1v) is 10.1. The smallest absolute Gasteiger partial charge is 0.223 e. The Morgan fingerprint density at radius 2 is 2.15 bits per heavy atom. The lowest BCUT2D eigenvalue weighted by Crippen LogP contribution is -2.41. The minimum atomic E-state index is -0.110. The highest BCUT2D eigenvalue weighted by Gasteiger charge is 2.46. The topological polar surface area (TPSA) is 45.7 Å². The van der Waals surface area contributed by atoms with E-state index in [-0.39, 0.29) is 11.3 Å². The van der Waals surface area contributed by atoms with Gasteiger partial charge in [0.1, 0.15) is 0 Å². The van der Waals surface area contributed by atoms with Gasteiger partial charge >= 0.3 is 0 Å². The first kappa shape index (κ1) is 17.6. The van der Waals surface area contributed by atoms with Gasteiger partial charge in [0.05, 0.1) is 25.3 Å². The fourth-order valence-electron chi connectivity index (χ4n) is 4.14. The summed E-state index contributed by atoms with van der Waals surface area (Å²) >= 11 is 1.61. The van der Waals surface area contributed by atoms with Crippen molar-refractivity contribution in [3.05, 3.63) is 52.5 Å². The Bertz CT molecular complexity index is 737. The number of thiazole rings is 1. The zero-order chi connectivity index (χ0) is 18.0. The molecule has 138 valence electrons. The van der Waals surface area contributed by atoms with Gasteiger partial charge in [0.15, 0.2) is 0 Å². The van der Waals surface area contributed by atoms with E-state index in [1.165, 1.54) is 5.56 Å². The normalized spacial score (nSPS) is 25.6. The zero-order valence-electron chi connectivity index (χ0n) is 15.1. The van der Waals surface area contributed by atoms with E-state index in [4.69, 9.17) is 4.74 Å². The predicted octanol–water partition coefficient (Wildman–Crippen LogP) is 2.96. The zero-order valence-corrected chi connectivity index (χ0v) is 16.0. The molecular weight excluding hydrogens is 346 g/mol. The Hall–Kier alpha value is -1.76. The predicted molar refractivity (Wildman–Crippen MR) is 102 cm³/mol. The van der Waals surface area contributed by atoms with Crippen LogP contribution < -0.4 is 0 Å². The van der Waals surface area contributed by atoms with Crippen LogP contribution in [-0.2, 0) is 16.1 Å². The summed E-state index contributed by atoms with van der Waals surface area (Å²) in [5, 5.41) is 0. The monoisotopic (exact) mass is 371 g/mol. The molecule has 2 aromatic rings. The van der Waals surface area contributed by atoms with Crippen LogP contribution in [0, 0.1) is 5.41 Å². The third-order valence-electron chi connectivity index (χ3n) is 5.53. The van der Waals surface area contributed by atoms with Gasteiger partial charge < -0.3 is 9.64 Å². The molecule has 5 nitrogen and oxygen atoms in total. The Morgan fingerprint density at radius 1 is 1.31 bits per heavy atom. The van der Waals surface area contributed by atoms with Crippen molar-refractivity contribution < 1.29 is 9.53 Å². The van der Waals surface area contributed by atoms with Crippen LogP contribution in [0.4, 0.5) is 0 Å². The Balaban J connectivity index is 1.49. The molecule has 2 atom stereocenters. The molecule has 2 aliphatic rings. The van der Waals surface area contributed by atoms with Gasteiger partial charge in [0.2, 0.25) is 5.91 Å². The minimum Gasteiger partial charge on any atom is -0.379 e. The first-order chi connectivity index (χ1) is 12.7. The molecule has 6 heteroatoms. The molecule has 0 radical (unpaired) electrons. The summed E-state index contributed by atoms with van der Waals surface area (Å²) in [5.41, 5.74) is 3.03. The molecule has 3 heterocycles. The van der Waals surface area contributed by atoms with Crippen LogP contribution in [-0.4, -0.2) is 53.5 Å². The number of nitrogens with zero attached hydrogens (tertiary/aromatic N) is 3. The first-order valence-electron chi connectivity index (χ1n) is 9.17. The van der Waals surface area contributed by atoms with E-state index < -0.39 is 0 Å². The van der Waals surface area contributed by atoms with E-state index in [0.29, 0.717) is 25.6 Å². The maximum atomic E-state index is 12.7. The molecule has 0 saturated carbocycles. The fourth-order valence-corrected chi connectivity index (χ4v) is 4.74. The lowest BCUT2D eigenvalue weighted by atomic mass is 9.86. The molecular formula is C20H25N3O2S. The summed E-state index contributed by atoms with van der Waals surface area (Å²) in [6.45, 7) is 6.87. The SMILES string of the molecule is C[C@H](c1ccccc1)N1CCOC[C@]2(CC(=O)N(Cc3cncs3)C2)C1. The lowest BCUT2D eigenvalue weighted by Gasteiger charge is -2.35. The van der Waals surface area contributed by atoms with Crippen LogP contribution in [0.5, 0.6) is 0 Å². The van der Waals surface area contributed by atoms with E-state index >= 15 is 0 Å². The molecule has 1 amide bonds. The van der Waals surface area contributed by atoms with Crippen molar-refractivity contribution in [2.45, 2.75) is 25.9 Å². The van der Waals surface area contributed by atoms with Gasteiger partial charge in [0.25, 0.3) is 0 Å². The van der Waals surface area contributed by atoms with E-state index in [2.05, 4.69) is 47.1 Å². The van der Waals surface area contributed by atoms with Crippen LogP contribution in [0.25, 0.3) is 0 Å². The van der Waals surface area contributed by atoms with Gasteiger partial charge in [-0.2, -0.15) is 0 Å². The number of carbonyl (C=O) groups excluding carboxylic acids is 1. The number of carbonyl (C=O) groups is 1. The Morgan fingerprint density at radius 3 is 2.92 bits per heavy atom. The molecule has 1 aromatic carbocycles. The van der Waals surface area contributed by atoms with Crippen molar-refractivity contribution in [3.63, 3.8) is 0 Å². The highest BCUT2D eigenvalue weighted by Crippen LogP contribution is 2.37. The van der Waals surface area contributed by atoms with Gasteiger partial charge in [-0.3, -0.25) is 14.7 Å². The molecule has 4 rings (SSSR count). The molecule has 1 spiro atoms. The van der Waals surface area contributed by atoms with Crippen LogP contribution in [0.15, 0.2) is 42.0 Å². The second kappa shape index (κ2) is 7.47. The molecule has 2 saturated heterocycles. The third-order valence-corrected chi connectivity index (χ3v) is 6.30. The number of hydrogen-bond donors (Lipinski definition) is 0. The molecule has 0 bridgehead atoms. The lowest BCUT2D eigenvalue weighted by molar-refractivity contribution is -0.128. The molecule has 2 aliphatic heterocycles. The van der Waals surface area contributed by atoms with Crippen molar-refractivity contribution in [2.75, 3.05) is 32.8 Å². The second-order valence-corrected chi connectivity index (χ2v) is 8.47. The van der Waals surface area contributed by atoms with Crippen LogP contribution >= 0.6 is 11.3 Å². The maximum Gasteiger partial charge on any atom is 0.223 e. The largest absolute Gasteiger partial charge is 0.379 e. The molecule has 1 aromatic heterocycles. The summed E-state index contributed by atoms with van der Waals surface area (Å²) in [4.78, 5) is 22.4. The Kier molecular flexibility index (Phi) is 5.07. The average molecular weight is 372 g/mol. The maximum absolute atomic E-state index is 12.7. The fraction of sp³-hybridized carbons (Fsp3) is 0.500. The molecule has 2 fully saturated rings. The number of hydrogen-bond acceptors (Lipinski definition) is 5. The Labute approximate surface area is 158 Å². The summed E-state index contributed by atoms with van der Waals surface area (Å²) in [7, 11) is 0. The second-order valence-electron chi connectivity index (χ2n) is 7.50. The van der Waals surface area contributed by atoms with E-state index in [1.807, 2.05) is 16.6 Å². The molecule has 0 N–H and O–H groups in total. The van der Waals surface area contributed by atoms with Crippen LogP contribution in [0.3, 0.4) is 0 Å². The third kappa shape index (κ3) is 3.68. The van der Waals surface area contributed by atoms with E-state index in [0.717, 1.165) is 31.1 Å². The number of amides is 1. The van der Waals surface area contributed by atoms with Gasteiger partial charge in [-0.1, -0.05) is 30.3 Å². The molecule has 26 heavy (non-hydrogen) atoms. The summed E-state index contributed by atoms with van der Waals surface area (Å²) in [5.74, 6) is 0.233. The number of ether oxygens (including phenoxy) is 1. The van der Waals surface area contributed by atoms with Gasteiger partial charge in [-0.25, -0.2) is 0 Å². The summed E-state index contributed by atoms with van der Waals surface area (Å²) in [6, 6.07) is 10.9. The van der Waals surface area contributed by atoms with E-state index in [1.54, 1.807) is 11.3 Å². The van der Waals surface area contributed by atoms with E-state index in [9.17, 15) is 4.79 Å². The highest BCUT2D eigenvalue weighted by molar-refractivity contribution is 7.09. The van der Waals surface area contributed by atoms with Crippen LogP contribution in [0.2, 0.25) is 0 Å². The number of aromatic nitrogens is 1. The summed E-state index contributed by atoms with van der Waals surface area (Å²) < 4.78 is 5.95. The highest BCUT2D eigenvalue weighted by atomic mass is 32.1. The van der Waals surface area contributed by atoms with Crippen molar-refractivity contribution in [2.24, 2.45) is 5.41 Å². The van der Waals surface area contributed by atoms with Crippen LogP contribution in [0.1, 0.15) is 29.8 Å². The number of likely N-dealkylation sites (tertiary alicyclic amines) is 1. The number of rotatable bonds is 4. The molecule has 0 unspecified atom stereocenters. The quantitative estimate of drug-likeness (QED) is 0.829. The average Bonchev–Trinajstić information content (AvgIpc) is 3.20. The standard InChI is InChI=1S/C20H25N3O2S/c1-16(17-5-3-2-4-6-17)22-7-8-25-14-20(12-22)9-19(24)23(13-20)11-18-10-21-15-26-18/h2-6,10,15-16H,7-9,11-14H2,1H3/t16-,20-/m1/s1. The molecule has 0 aliphatic carbocycles. The van der Waals surface area contributed by atoms with Gasteiger partial charge in [0, 0.05) is 48.6 Å².